The van der Waals surface area contributed by atoms with Crippen molar-refractivity contribution in [3.63, 3.8) is 0 Å². The third kappa shape index (κ3) is 5.69. The van der Waals surface area contributed by atoms with E-state index < -0.39 is 4.92 Å². The number of furan rings is 1. The van der Waals surface area contributed by atoms with Gasteiger partial charge in [-0.15, -0.1) is 11.8 Å². The van der Waals surface area contributed by atoms with E-state index >= 15 is 0 Å². The molecule has 0 saturated carbocycles. The summed E-state index contributed by atoms with van der Waals surface area (Å²) in [6.07, 6.45) is 1.40. The van der Waals surface area contributed by atoms with Crippen molar-refractivity contribution < 1.29 is 14.1 Å². The number of hydrogen-bond acceptors (Lipinski definition) is 6. The minimum absolute atomic E-state index is 0.00962. The molecule has 3 rings (SSSR count). The van der Waals surface area contributed by atoms with Crippen LogP contribution in [0.5, 0.6) is 0 Å². The number of halogens is 1. The first-order valence-electron chi connectivity index (χ1n) is 8.52. The molecule has 0 unspecified atom stereocenters. The maximum Gasteiger partial charge on any atom is 0.269 e. The molecule has 0 bridgehead atoms. The third-order valence-corrected chi connectivity index (χ3v) is 5.22. The average molecular weight is 430 g/mol. The van der Waals surface area contributed by atoms with Crippen LogP contribution < -0.4 is 5.43 Å². The summed E-state index contributed by atoms with van der Waals surface area (Å²) in [7, 11) is 0. The van der Waals surface area contributed by atoms with Crippen LogP contribution in [0.2, 0.25) is 5.02 Å². The van der Waals surface area contributed by atoms with E-state index in [2.05, 4.69) is 10.5 Å². The Labute approximate surface area is 175 Å². The Morgan fingerprint density at radius 1 is 1.17 bits per heavy atom. The highest BCUT2D eigenvalue weighted by Crippen LogP contribution is 2.25. The number of rotatable bonds is 7. The molecule has 3 aromatic rings. The molecule has 0 aliphatic carbocycles. The molecular weight excluding hydrogens is 414 g/mol. The quantitative estimate of drug-likeness (QED) is 0.243. The van der Waals surface area contributed by atoms with Crippen molar-refractivity contribution in [3.8, 4) is 11.3 Å². The molecule has 0 aliphatic rings. The van der Waals surface area contributed by atoms with Crippen molar-refractivity contribution in [2.75, 3.05) is 0 Å². The summed E-state index contributed by atoms with van der Waals surface area (Å²) in [4.78, 5) is 23.3. The molecule has 0 radical (unpaired) electrons. The van der Waals surface area contributed by atoms with E-state index in [-0.39, 0.29) is 16.8 Å². The van der Waals surface area contributed by atoms with Crippen molar-refractivity contribution in [2.24, 2.45) is 5.10 Å². The number of nitro groups is 1. The van der Waals surface area contributed by atoms with E-state index in [0.29, 0.717) is 22.1 Å². The van der Waals surface area contributed by atoms with Gasteiger partial charge < -0.3 is 4.42 Å². The lowest BCUT2D eigenvalue weighted by molar-refractivity contribution is -0.384. The number of carbonyl (C=O) groups is 1. The normalized spacial score (nSPS) is 12.1. The Morgan fingerprint density at radius 2 is 1.86 bits per heavy atom. The second-order valence-electron chi connectivity index (χ2n) is 5.95. The Balaban J connectivity index is 1.55. The number of nitrogens with zero attached hydrogens (tertiary/aromatic N) is 2. The summed E-state index contributed by atoms with van der Waals surface area (Å²) >= 11 is 7.25. The number of thioether (sulfide) groups is 1. The Kier molecular flexibility index (Phi) is 6.69. The van der Waals surface area contributed by atoms with Gasteiger partial charge in [0.15, 0.2) is 0 Å². The van der Waals surface area contributed by atoms with Gasteiger partial charge in [0, 0.05) is 27.6 Å². The molecule has 0 spiro atoms. The fourth-order valence-corrected chi connectivity index (χ4v) is 3.33. The van der Waals surface area contributed by atoms with Gasteiger partial charge in [0.2, 0.25) is 0 Å². The SMILES string of the molecule is C[C@H](Sc1ccc(Cl)cc1)C(=O)N/N=C\c1ccc(-c2ccc([N+](=O)[O-])cc2)o1. The predicted molar refractivity (Wildman–Crippen MR) is 113 cm³/mol. The molecule has 0 fully saturated rings. The lowest BCUT2D eigenvalue weighted by Gasteiger charge is -2.09. The molecule has 0 aliphatic heterocycles. The van der Waals surface area contributed by atoms with Gasteiger partial charge in [-0.3, -0.25) is 14.9 Å². The second kappa shape index (κ2) is 9.40. The Bertz CT molecular complexity index is 1030. The lowest BCUT2D eigenvalue weighted by atomic mass is 10.1. The highest BCUT2D eigenvalue weighted by atomic mass is 35.5. The van der Waals surface area contributed by atoms with Crippen molar-refractivity contribution >= 4 is 41.2 Å². The summed E-state index contributed by atoms with van der Waals surface area (Å²) in [6, 6.07) is 16.7. The number of nitrogens with one attached hydrogen (secondary N) is 1. The molecule has 2 aromatic carbocycles. The lowest BCUT2D eigenvalue weighted by Crippen LogP contribution is -2.26. The molecule has 1 aromatic heterocycles. The third-order valence-electron chi connectivity index (χ3n) is 3.85. The molecule has 1 N–H and O–H groups in total. The Hall–Kier alpha value is -3.10. The first-order chi connectivity index (χ1) is 13.9. The number of amides is 1. The predicted octanol–water partition coefficient (Wildman–Crippen LogP) is 5.14. The van der Waals surface area contributed by atoms with Gasteiger partial charge in [0.05, 0.1) is 16.4 Å². The van der Waals surface area contributed by atoms with Crippen LogP contribution in [0.3, 0.4) is 0 Å². The standard InChI is InChI=1S/C20H16ClN3O4S/c1-13(29-18-9-4-15(21)5-10-18)20(25)23-22-12-17-8-11-19(28-17)14-2-6-16(7-3-14)24(26)27/h2-13H,1H3,(H,23,25)/b22-12-/t13-/m0/s1. The molecular formula is C20H16ClN3O4S. The Morgan fingerprint density at radius 3 is 2.52 bits per heavy atom. The fourth-order valence-electron chi connectivity index (χ4n) is 2.35. The van der Waals surface area contributed by atoms with Crippen LogP contribution in [0.4, 0.5) is 5.69 Å². The minimum Gasteiger partial charge on any atom is -0.455 e. The van der Waals surface area contributed by atoms with Gasteiger partial charge in [0.25, 0.3) is 11.6 Å². The van der Waals surface area contributed by atoms with Crippen LogP contribution in [0, 0.1) is 10.1 Å². The average Bonchev–Trinajstić information content (AvgIpc) is 3.18. The van der Waals surface area contributed by atoms with Gasteiger partial charge in [0.1, 0.15) is 11.5 Å². The number of non-ortho nitro benzene ring substituents is 1. The first kappa shape index (κ1) is 20.6. The molecule has 29 heavy (non-hydrogen) atoms. The van der Waals surface area contributed by atoms with Crippen molar-refractivity contribution in [1.82, 2.24) is 5.43 Å². The van der Waals surface area contributed by atoms with Crippen LogP contribution in [0.15, 0.2) is 75.1 Å². The zero-order valence-corrected chi connectivity index (χ0v) is 16.8. The largest absolute Gasteiger partial charge is 0.455 e. The highest BCUT2D eigenvalue weighted by Gasteiger charge is 2.14. The summed E-state index contributed by atoms with van der Waals surface area (Å²) < 4.78 is 5.63. The van der Waals surface area contributed by atoms with Crippen LogP contribution in [-0.4, -0.2) is 22.3 Å². The van der Waals surface area contributed by atoms with Crippen LogP contribution in [0.25, 0.3) is 11.3 Å². The van der Waals surface area contributed by atoms with E-state index in [0.717, 1.165) is 4.90 Å². The summed E-state index contributed by atoms with van der Waals surface area (Å²) in [5.74, 6) is 0.736. The summed E-state index contributed by atoms with van der Waals surface area (Å²) in [5, 5.41) is 14.9. The monoisotopic (exact) mass is 429 g/mol. The van der Waals surface area contributed by atoms with Crippen LogP contribution in [0.1, 0.15) is 12.7 Å². The molecule has 0 saturated heterocycles. The number of hydrogen-bond donors (Lipinski definition) is 1. The topological polar surface area (TPSA) is 97.7 Å². The smallest absolute Gasteiger partial charge is 0.269 e. The zero-order chi connectivity index (χ0) is 20.8. The number of nitro benzene ring substituents is 1. The van der Waals surface area contributed by atoms with Gasteiger partial charge in [-0.05, 0) is 55.5 Å². The maximum absolute atomic E-state index is 12.2. The molecule has 1 amide bonds. The van der Waals surface area contributed by atoms with Crippen molar-refractivity contribution in [3.05, 3.63) is 81.6 Å². The van der Waals surface area contributed by atoms with E-state index in [9.17, 15) is 14.9 Å². The zero-order valence-electron chi connectivity index (χ0n) is 15.2. The first-order valence-corrected chi connectivity index (χ1v) is 9.78. The van der Waals surface area contributed by atoms with E-state index in [1.165, 1.54) is 30.1 Å². The summed E-state index contributed by atoms with van der Waals surface area (Å²) in [5.41, 5.74) is 3.19. The molecule has 148 valence electrons. The maximum atomic E-state index is 12.2. The second-order valence-corrected chi connectivity index (χ2v) is 7.80. The highest BCUT2D eigenvalue weighted by molar-refractivity contribution is 8.00. The van der Waals surface area contributed by atoms with E-state index in [1.54, 1.807) is 43.3 Å². The van der Waals surface area contributed by atoms with Crippen molar-refractivity contribution in [2.45, 2.75) is 17.1 Å². The van der Waals surface area contributed by atoms with Gasteiger partial charge in [-0.2, -0.15) is 5.10 Å². The van der Waals surface area contributed by atoms with Crippen LogP contribution >= 0.6 is 23.4 Å². The molecule has 7 nitrogen and oxygen atoms in total. The van der Waals surface area contributed by atoms with Crippen LogP contribution in [-0.2, 0) is 4.79 Å². The van der Waals surface area contributed by atoms with E-state index in [1.807, 2.05) is 12.1 Å². The fraction of sp³-hybridized carbons (Fsp3) is 0.100. The summed E-state index contributed by atoms with van der Waals surface area (Å²) in [6.45, 7) is 1.78. The molecule has 1 heterocycles. The van der Waals surface area contributed by atoms with E-state index in [4.69, 9.17) is 16.0 Å². The van der Waals surface area contributed by atoms with Gasteiger partial charge >= 0.3 is 0 Å². The number of hydrazone groups is 1. The molecule has 9 heteroatoms. The molecule has 1 atom stereocenters. The number of benzene rings is 2. The van der Waals surface area contributed by atoms with Gasteiger partial charge in [-0.25, -0.2) is 5.43 Å². The number of carbonyl (C=O) groups excluding carboxylic acids is 1. The van der Waals surface area contributed by atoms with Crippen molar-refractivity contribution in [1.29, 1.82) is 0 Å². The van der Waals surface area contributed by atoms with Gasteiger partial charge in [-0.1, -0.05) is 11.6 Å². The minimum atomic E-state index is -0.459.